The van der Waals surface area contributed by atoms with Gasteiger partial charge in [-0.05, 0) is 0 Å². The predicted molar refractivity (Wildman–Crippen MR) is 1.80 cm³/mol. The van der Waals surface area contributed by atoms with Gasteiger partial charge in [0.15, 0.2) is 0 Å². The third kappa shape index (κ3) is 19.0. The summed E-state index contributed by atoms with van der Waals surface area (Å²) in [5.74, 6) is 0. The molecule has 0 unspecified atom stereocenters. The molecule has 0 aromatic rings. The van der Waals surface area contributed by atoms with Gasteiger partial charge in [-0.1, -0.05) is 0 Å². The van der Waals surface area contributed by atoms with Gasteiger partial charge < -0.3 is 1.43 Å². The van der Waals surface area contributed by atoms with Crippen molar-refractivity contribution in [2.75, 3.05) is 0 Å². The second-order valence-corrected chi connectivity index (χ2v) is 0. The zero-order valence-corrected chi connectivity index (χ0v) is 11.2. The van der Waals surface area contributed by atoms with Crippen molar-refractivity contribution in [3.05, 3.63) is 0 Å². The van der Waals surface area contributed by atoms with Crippen LogP contribution in [0.25, 0.3) is 0 Å². The van der Waals surface area contributed by atoms with Gasteiger partial charge in [0.05, 0.1) is 0 Å². The molecular formula is HLaLiNbOZr. The second-order valence-electron chi connectivity index (χ2n) is 0. The molecule has 0 amide bonds. The molecule has 0 aliphatic rings. The Morgan fingerprint density at radius 1 is 1.40 bits per heavy atom. The molecule has 5 heavy (non-hydrogen) atoms. The summed E-state index contributed by atoms with van der Waals surface area (Å²) >= 11 is 0.500. The van der Waals surface area contributed by atoms with Gasteiger partial charge in [-0.25, -0.2) is 0 Å². The van der Waals surface area contributed by atoms with Gasteiger partial charge in [0.2, 0.25) is 0 Å². The average molecular weight is 347 g/mol. The number of rotatable bonds is 0. The summed E-state index contributed by atoms with van der Waals surface area (Å²) in [4.78, 5) is 0. The zero-order valence-electron chi connectivity index (χ0n) is 3.93. The number of hydrogen-bond acceptors (Lipinski definition) is 1. The van der Waals surface area contributed by atoms with Gasteiger partial charge in [0.1, 0.15) is 0 Å². The van der Waals surface area contributed by atoms with E-state index in [1.165, 1.54) is 0 Å². The third-order valence-electron chi connectivity index (χ3n) is 0. The summed E-state index contributed by atoms with van der Waals surface area (Å²) in [6, 6.07) is 0. The van der Waals surface area contributed by atoms with Crippen molar-refractivity contribution < 1.29 is 106 Å². The number of hydrogen-bond donors (Lipinski definition) is 0. The molecule has 0 saturated carbocycles. The van der Waals surface area contributed by atoms with Crippen LogP contribution >= 0.6 is 0 Å². The van der Waals surface area contributed by atoms with Crippen molar-refractivity contribution >= 4 is 0 Å². The summed E-state index contributed by atoms with van der Waals surface area (Å²) in [5.41, 5.74) is 0. The third-order valence-corrected chi connectivity index (χ3v) is 0. The molecule has 0 saturated heterocycles. The van der Waals surface area contributed by atoms with Gasteiger partial charge in [0, 0.05) is 61.8 Å². The fourth-order valence-electron chi connectivity index (χ4n) is 0. The van der Waals surface area contributed by atoms with Crippen molar-refractivity contribution in [1.82, 2.24) is 0 Å². The quantitative estimate of drug-likeness (QED) is 0.427. The summed E-state index contributed by atoms with van der Waals surface area (Å²) in [7, 11) is 0. The van der Waals surface area contributed by atoms with Crippen LogP contribution in [-0.2, 0) is 50.5 Å². The maximum atomic E-state index is 8.30. The van der Waals surface area contributed by atoms with Crippen LogP contribution in [0.2, 0.25) is 0 Å². The van der Waals surface area contributed by atoms with Crippen LogP contribution in [0, 0.1) is 35.6 Å². The van der Waals surface area contributed by atoms with Crippen molar-refractivity contribution in [3.8, 4) is 0 Å². The van der Waals surface area contributed by atoms with Crippen molar-refractivity contribution in [1.29, 1.82) is 0 Å². The molecule has 0 heterocycles. The second kappa shape index (κ2) is 27.0. The molecule has 0 fully saturated rings. The molecule has 20 valence electrons. The SMILES string of the molecule is [H-].[La].[Li+].[O]=[Nb].[Zr]. The van der Waals surface area contributed by atoms with Crippen LogP contribution in [0.3, 0.4) is 0 Å². The predicted octanol–water partition coefficient (Wildman–Crippen LogP) is -3.01. The van der Waals surface area contributed by atoms with E-state index in [0.29, 0.717) is 21.0 Å². The van der Waals surface area contributed by atoms with E-state index in [0.717, 1.165) is 0 Å². The van der Waals surface area contributed by atoms with Crippen LogP contribution < -0.4 is 18.9 Å². The Balaban J connectivity index is -0.000000000833. The normalized spacial score (nSPS) is 0.600. The van der Waals surface area contributed by atoms with Gasteiger partial charge in [-0.2, -0.15) is 0 Å². The standard InChI is InChI=1S/La.Li.Nb.O.Zr.H/q;+1;;;;-1. The molecule has 0 aromatic heterocycles. The van der Waals surface area contributed by atoms with Crippen LogP contribution in [0.1, 0.15) is 1.43 Å². The largest absolute Gasteiger partial charge is 0 e. The minimum Gasteiger partial charge on any atom is 0 e. The molecule has 1 nitrogen and oxygen atoms in total. The van der Waals surface area contributed by atoms with Crippen LogP contribution in [-0.4, -0.2) is 0 Å². The summed E-state index contributed by atoms with van der Waals surface area (Å²) in [6.45, 7) is 0. The van der Waals surface area contributed by atoms with E-state index in [4.69, 9.17) is 3.25 Å². The van der Waals surface area contributed by atoms with Crippen molar-refractivity contribution in [3.63, 3.8) is 0 Å². The van der Waals surface area contributed by atoms with Crippen molar-refractivity contribution in [2.24, 2.45) is 0 Å². The maximum absolute atomic E-state index is 8.30. The van der Waals surface area contributed by atoms with E-state index in [9.17, 15) is 0 Å². The minimum absolute atomic E-state index is 0. The van der Waals surface area contributed by atoms with Crippen LogP contribution in [0.5, 0.6) is 0 Å². The first-order chi connectivity index (χ1) is 1.00. The molecule has 0 bridgehead atoms. The first-order valence-electron chi connectivity index (χ1n) is 0.183. The molecule has 0 rings (SSSR count). The average Bonchev–Trinajstić information content (AvgIpc) is 1.00. The molecule has 5 heteroatoms. The van der Waals surface area contributed by atoms with E-state index in [1.807, 2.05) is 0 Å². The van der Waals surface area contributed by atoms with Crippen molar-refractivity contribution in [2.45, 2.75) is 0 Å². The smallest absolute Gasteiger partial charge is 0 e. The Hall–Kier alpha value is 3.22. The maximum Gasteiger partial charge on any atom is 0 e. The molecule has 0 atom stereocenters. The Labute approximate surface area is 104 Å². The molecule has 1 radical (unpaired) electrons. The van der Waals surface area contributed by atoms with Crippen LogP contribution in [0.15, 0.2) is 0 Å². The molecule has 0 N–H and O–H groups in total. The first kappa shape index (κ1) is 24.1. The summed E-state index contributed by atoms with van der Waals surface area (Å²) in [6.07, 6.45) is 0. The first-order valence-corrected chi connectivity index (χ1v) is 1.08. The monoisotopic (exact) mass is 346 g/mol. The van der Waals surface area contributed by atoms with Gasteiger partial charge in [0.25, 0.3) is 0 Å². The fraction of sp³-hybridized carbons (Fsp3) is 0. The van der Waals surface area contributed by atoms with E-state index in [-0.39, 0.29) is 82.1 Å². The molecule has 0 aliphatic carbocycles. The van der Waals surface area contributed by atoms with Crippen LogP contribution in [0.4, 0.5) is 0 Å². The Morgan fingerprint density at radius 2 is 1.40 bits per heavy atom. The van der Waals surface area contributed by atoms with E-state index < -0.39 is 0 Å². The molecular weight excluding hydrogens is 346 g/mol. The van der Waals surface area contributed by atoms with Gasteiger partial charge >= 0.3 is 43.2 Å². The zero-order chi connectivity index (χ0) is 2.00. The summed E-state index contributed by atoms with van der Waals surface area (Å²) in [5, 5.41) is 0. The molecule has 0 spiro atoms. The van der Waals surface area contributed by atoms with Gasteiger partial charge in [-0.15, -0.1) is 0 Å². The minimum atomic E-state index is 0. The molecule has 0 aliphatic heterocycles. The van der Waals surface area contributed by atoms with E-state index in [1.54, 1.807) is 0 Å². The topological polar surface area (TPSA) is 17.1 Å². The fourth-order valence-corrected chi connectivity index (χ4v) is 0. The Bertz CT molecular complexity index is 15.5. The van der Waals surface area contributed by atoms with E-state index >= 15 is 0 Å². The van der Waals surface area contributed by atoms with E-state index in [2.05, 4.69) is 0 Å². The Kier molecular flexibility index (Phi) is 130. The Morgan fingerprint density at radius 3 is 1.40 bits per heavy atom. The van der Waals surface area contributed by atoms with Gasteiger partial charge in [-0.3, -0.25) is 0 Å². The molecule has 0 aromatic carbocycles. The summed E-state index contributed by atoms with van der Waals surface area (Å²) < 4.78 is 8.30.